The normalized spacial score (nSPS) is 15.8. The van der Waals surface area contributed by atoms with E-state index in [1.807, 2.05) is 0 Å². The van der Waals surface area contributed by atoms with Gasteiger partial charge in [-0.3, -0.25) is 9.03 Å². The molecular formula is C11H15BrN2O4S2. The summed E-state index contributed by atoms with van der Waals surface area (Å²) in [6.07, 6.45) is 2.61. The zero-order valence-electron chi connectivity index (χ0n) is 10.8. The average molecular weight is 383 g/mol. The van der Waals surface area contributed by atoms with Crippen LogP contribution in [0.25, 0.3) is 0 Å². The molecule has 1 heterocycles. The quantitative estimate of drug-likeness (QED) is 0.799. The molecule has 1 aliphatic heterocycles. The molecule has 1 aromatic rings. The predicted octanol–water partition coefficient (Wildman–Crippen LogP) is 1.49. The Hall–Kier alpha value is -0.800. The topological polar surface area (TPSA) is 83.6 Å². The molecule has 0 fully saturated rings. The van der Waals surface area contributed by atoms with Gasteiger partial charge in [-0.1, -0.05) is 15.9 Å². The Bertz CT molecular complexity index is 716. The average Bonchev–Trinajstić information content (AvgIpc) is 2.36. The van der Waals surface area contributed by atoms with E-state index in [1.54, 1.807) is 18.2 Å². The molecule has 112 valence electrons. The van der Waals surface area contributed by atoms with Crippen molar-refractivity contribution in [3.05, 3.63) is 23.8 Å². The minimum absolute atomic E-state index is 0.188. The highest BCUT2D eigenvalue weighted by Crippen LogP contribution is 2.31. The smallest absolute Gasteiger partial charge is 0.242 e. The number of fused-ring (bicyclic) bond motifs is 1. The molecule has 0 bridgehead atoms. The number of hydrogen-bond acceptors (Lipinski definition) is 4. The van der Waals surface area contributed by atoms with E-state index in [1.165, 1.54) is 10.6 Å². The zero-order valence-corrected chi connectivity index (χ0v) is 14.1. The van der Waals surface area contributed by atoms with Crippen molar-refractivity contribution in [3.63, 3.8) is 0 Å². The molecule has 0 spiro atoms. The fraction of sp³-hybridized carbons (Fsp3) is 0.455. The molecule has 1 aromatic carbocycles. The molecule has 6 nitrogen and oxygen atoms in total. The van der Waals surface area contributed by atoms with Crippen LogP contribution in [-0.2, 0) is 26.5 Å². The number of sulfonamides is 2. The van der Waals surface area contributed by atoms with E-state index >= 15 is 0 Å². The fourth-order valence-corrected chi connectivity index (χ4v) is 4.06. The van der Waals surface area contributed by atoms with Crippen LogP contribution < -0.4 is 9.03 Å². The van der Waals surface area contributed by atoms with Gasteiger partial charge in [0.05, 0.1) is 11.9 Å². The van der Waals surface area contributed by atoms with E-state index in [9.17, 15) is 16.8 Å². The molecule has 1 aliphatic rings. The van der Waals surface area contributed by atoms with E-state index < -0.39 is 20.0 Å². The van der Waals surface area contributed by atoms with E-state index in [4.69, 9.17) is 0 Å². The number of alkyl halides is 1. The Labute approximate surface area is 127 Å². The molecule has 0 saturated heterocycles. The Morgan fingerprint density at radius 2 is 2.00 bits per heavy atom. The summed E-state index contributed by atoms with van der Waals surface area (Å²) in [4.78, 5) is 0. The molecule has 0 aliphatic carbocycles. The van der Waals surface area contributed by atoms with Crippen molar-refractivity contribution in [3.8, 4) is 0 Å². The van der Waals surface area contributed by atoms with Crippen LogP contribution in [0.3, 0.4) is 0 Å². The lowest BCUT2D eigenvalue weighted by atomic mass is 10.0. The zero-order chi connectivity index (χ0) is 15.0. The summed E-state index contributed by atoms with van der Waals surface area (Å²) in [6.45, 7) is 0.457. The molecule has 2 rings (SSSR count). The Kier molecular flexibility index (Phi) is 4.31. The highest BCUT2D eigenvalue weighted by Gasteiger charge is 2.24. The number of hydrogen-bond donors (Lipinski definition) is 1. The third kappa shape index (κ3) is 3.44. The molecule has 0 unspecified atom stereocenters. The lowest BCUT2D eigenvalue weighted by Crippen LogP contribution is -2.34. The van der Waals surface area contributed by atoms with E-state index in [0.29, 0.717) is 24.3 Å². The first-order valence-electron chi connectivity index (χ1n) is 5.90. The second-order valence-electron chi connectivity index (χ2n) is 4.61. The van der Waals surface area contributed by atoms with E-state index in [-0.39, 0.29) is 4.66 Å². The first-order chi connectivity index (χ1) is 9.23. The summed E-state index contributed by atoms with van der Waals surface area (Å²) in [6, 6.07) is 4.90. The SMILES string of the molecule is CS(=O)(=O)N1CCCc2cc(NS(=O)(=O)CBr)ccc21. The van der Waals surface area contributed by atoms with Gasteiger partial charge in [0.1, 0.15) is 4.66 Å². The van der Waals surface area contributed by atoms with Gasteiger partial charge in [-0.25, -0.2) is 16.8 Å². The van der Waals surface area contributed by atoms with Gasteiger partial charge in [0.15, 0.2) is 0 Å². The molecular weight excluding hydrogens is 368 g/mol. The minimum Gasteiger partial charge on any atom is -0.283 e. The number of halogens is 1. The van der Waals surface area contributed by atoms with Crippen molar-refractivity contribution in [2.45, 2.75) is 12.8 Å². The summed E-state index contributed by atoms with van der Waals surface area (Å²) < 4.78 is 50.0. The number of benzene rings is 1. The summed E-state index contributed by atoms with van der Waals surface area (Å²) in [5, 5.41) is 0. The summed E-state index contributed by atoms with van der Waals surface area (Å²) in [5.74, 6) is 0. The van der Waals surface area contributed by atoms with Gasteiger partial charge < -0.3 is 0 Å². The van der Waals surface area contributed by atoms with Gasteiger partial charge >= 0.3 is 0 Å². The highest BCUT2D eigenvalue weighted by atomic mass is 79.9. The first-order valence-corrected chi connectivity index (χ1v) is 10.5. The van der Waals surface area contributed by atoms with Gasteiger partial charge in [-0.05, 0) is 36.6 Å². The molecule has 9 heteroatoms. The van der Waals surface area contributed by atoms with E-state index in [0.717, 1.165) is 12.0 Å². The van der Waals surface area contributed by atoms with Crippen LogP contribution in [-0.4, -0.2) is 34.3 Å². The number of aryl methyl sites for hydroxylation is 1. The minimum atomic E-state index is -3.41. The van der Waals surface area contributed by atoms with Crippen LogP contribution in [0.2, 0.25) is 0 Å². The van der Waals surface area contributed by atoms with Crippen LogP contribution in [0.1, 0.15) is 12.0 Å². The predicted molar refractivity (Wildman–Crippen MR) is 83.3 cm³/mol. The Morgan fingerprint density at radius 1 is 1.30 bits per heavy atom. The maximum atomic E-state index is 11.7. The van der Waals surface area contributed by atoms with Gasteiger partial charge in [0.2, 0.25) is 20.0 Å². The van der Waals surface area contributed by atoms with Crippen LogP contribution >= 0.6 is 15.9 Å². The Balaban J connectivity index is 2.38. The van der Waals surface area contributed by atoms with Gasteiger partial charge in [0.25, 0.3) is 0 Å². The van der Waals surface area contributed by atoms with Crippen molar-refractivity contribution in [1.82, 2.24) is 0 Å². The lowest BCUT2D eigenvalue weighted by Gasteiger charge is -2.29. The maximum absolute atomic E-state index is 11.7. The third-order valence-electron chi connectivity index (χ3n) is 2.97. The maximum Gasteiger partial charge on any atom is 0.242 e. The number of anilines is 2. The van der Waals surface area contributed by atoms with Crippen molar-refractivity contribution >= 4 is 47.4 Å². The molecule has 0 amide bonds. The van der Waals surface area contributed by atoms with Gasteiger partial charge in [-0.2, -0.15) is 0 Å². The molecule has 0 saturated carbocycles. The monoisotopic (exact) mass is 382 g/mol. The standard InChI is InChI=1S/C11H15BrN2O4S2/c1-19(15,16)14-6-2-3-9-7-10(4-5-11(9)14)13-20(17,18)8-12/h4-5,7,13H,2-3,6,8H2,1H3. The summed E-state index contributed by atoms with van der Waals surface area (Å²) >= 11 is 2.90. The molecule has 0 atom stereocenters. The van der Waals surface area contributed by atoms with Crippen LogP contribution in [0.15, 0.2) is 18.2 Å². The van der Waals surface area contributed by atoms with Crippen LogP contribution in [0.5, 0.6) is 0 Å². The van der Waals surface area contributed by atoms with Crippen LogP contribution in [0.4, 0.5) is 11.4 Å². The number of nitrogens with one attached hydrogen (secondary N) is 1. The van der Waals surface area contributed by atoms with Crippen LogP contribution in [0, 0.1) is 0 Å². The van der Waals surface area contributed by atoms with Crippen molar-refractivity contribution in [2.75, 3.05) is 26.5 Å². The second-order valence-corrected chi connectivity index (χ2v) is 9.54. The molecule has 20 heavy (non-hydrogen) atoms. The first kappa shape index (κ1) is 15.6. The highest BCUT2D eigenvalue weighted by molar-refractivity contribution is 9.10. The number of nitrogens with zero attached hydrogens (tertiary/aromatic N) is 1. The van der Waals surface area contributed by atoms with Crippen molar-refractivity contribution in [2.24, 2.45) is 0 Å². The molecule has 1 N–H and O–H groups in total. The lowest BCUT2D eigenvalue weighted by molar-refractivity contribution is 0.592. The van der Waals surface area contributed by atoms with Crippen molar-refractivity contribution < 1.29 is 16.8 Å². The number of rotatable bonds is 4. The summed E-state index contributed by atoms with van der Waals surface area (Å²) in [5.41, 5.74) is 1.90. The molecule has 0 radical (unpaired) electrons. The summed E-state index contributed by atoms with van der Waals surface area (Å²) in [7, 11) is -6.71. The van der Waals surface area contributed by atoms with E-state index in [2.05, 4.69) is 20.7 Å². The largest absolute Gasteiger partial charge is 0.283 e. The van der Waals surface area contributed by atoms with Crippen molar-refractivity contribution in [1.29, 1.82) is 0 Å². The fourth-order valence-electron chi connectivity index (χ4n) is 2.18. The second kappa shape index (κ2) is 5.53. The molecule has 0 aromatic heterocycles. The van der Waals surface area contributed by atoms with Gasteiger partial charge in [-0.15, -0.1) is 0 Å². The van der Waals surface area contributed by atoms with Gasteiger partial charge in [0, 0.05) is 12.2 Å². The third-order valence-corrected chi connectivity index (χ3v) is 6.79. The Morgan fingerprint density at radius 3 is 2.60 bits per heavy atom.